The molecule has 23 heavy (non-hydrogen) atoms. The SMILES string of the molecule is CC(C)CC(NC(=O)c1ccsc1)c1cn(C2(C#N)CC2)nn1. The van der Waals surface area contributed by atoms with Gasteiger partial charge in [-0.25, -0.2) is 4.68 Å². The van der Waals surface area contributed by atoms with Crippen LogP contribution < -0.4 is 5.32 Å². The van der Waals surface area contributed by atoms with Crippen LogP contribution in [0.4, 0.5) is 0 Å². The van der Waals surface area contributed by atoms with E-state index in [2.05, 4.69) is 35.5 Å². The van der Waals surface area contributed by atoms with E-state index in [4.69, 9.17) is 0 Å². The predicted molar refractivity (Wildman–Crippen MR) is 86.8 cm³/mol. The average Bonchev–Trinajstić information content (AvgIpc) is 2.95. The molecule has 2 aromatic rings. The molecule has 3 rings (SSSR count). The zero-order valence-corrected chi connectivity index (χ0v) is 14.0. The van der Waals surface area contributed by atoms with Crippen molar-refractivity contribution in [2.45, 2.75) is 44.7 Å². The monoisotopic (exact) mass is 329 g/mol. The van der Waals surface area contributed by atoms with Gasteiger partial charge in [-0.3, -0.25) is 4.79 Å². The van der Waals surface area contributed by atoms with Crippen molar-refractivity contribution < 1.29 is 4.79 Å². The molecule has 0 spiro atoms. The Labute approximate surface area is 139 Å². The Bertz CT molecular complexity index is 724. The van der Waals surface area contributed by atoms with Gasteiger partial charge >= 0.3 is 0 Å². The van der Waals surface area contributed by atoms with E-state index in [-0.39, 0.29) is 11.9 Å². The maximum atomic E-state index is 12.3. The molecule has 0 radical (unpaired) electrons. The van der Waals surface area contributed by atoms with E-state index < -0.39 is 5.54 Å². The Morgan fingerprint density at radius 2 is 2.35 bits per heavy atom. The first-order chi connectivity index (χ1) is 11.0. The fraction of sp³-hybridized carbons (Fsp3) is 0.500. The fourth-order valence-corrected chi connectivity index (χ4v) is 3.15. The Balaban J connectivity index is 1.79. The lowest BCUT2D eigenvalue weighted by molar-refractivity contribution is 0.0931. The van der Waals surface area contributed by atoms with Crippen molar-refractivity contribution in [1.82, 2.24) is 20.3 Å². The molecule has 0 bridgehead atoms. The molecule has 1 atom stereocenters. The van der Waals surface area contributed by atoms with Crippen LogP contribution in [0.15, 0.2) is 23.0 Å². The van der Waals surface area contributed by atoms with Crippen LogP contribution in [0.1, 0.15) is 55.2 Å². The summed E-state index contributed by atoms with van der Waals surface area (Å²) < 4.78 is 1.65. The van der Waals surface area contributed by atoms with Crippen molar-refractivity contribution in [2.75, 3.05) is 0 Å². The second-order valence-electron chi connectivity index (χ2n) is 6.40. The molecule has 7 heteroatoms. The molecular weight excluding hydrogens is 310 g/mol. The number of hydrogen-bond acceptors (Lipinski definition) is 5. The Hall–Kier alpha value is -2.20. The highest BCUT2D eigenvalue weighted by atomic mass is 32.1. The number of amides is 1. The van der Waals surface area contributed by atoms with Crippen LogP contribution in [-0.2, 0) is 5.54 Å². The van der Waals surface area contributed by atoms with Crippen molar-refractivity contribution in [1.29, 1.82) is 5.26 Å². The molecule has 6 nitrogen and oxygen atoms in total. The van der Waals surface area contributed by atoms with Crippen LogP contribution in [0.25, 0.3) is 0 Å². The van der Waals surface area contributed by atoms with Crippen LogP contribution in [0.3, 0.4) is 0 Å². The molecule has 0 aromatic carbocycles. The molecule has 0 saturated heterocycles. The topological polar surface area (TPSA) is 83.6 Å². The number of nitriles is 1. The van der Waals surface area contributed by atoms with Crippen molar-refractivity contribution in [3.63, 3.8) is 0 Å². The lowest BCUT2D eigenvalue weighted by Crippen LogP contribution is -2.29. The summed E-state index contributed by atoms with van der Waals surface area (Å²) >= 11 is 1.49. The first-order valence-electron chi connectivity index (χ1n) is 7.71. The number of aromatic nitrogens is 3. The summed E-state index contributed by atoms with van der Waals surface area (Å²) in [7, 11) is 0. The maximum absolute atomic E-state index is 12.3. The van der Waals surface area contributed by atoms with Crippen LogP contribution in [0.5, 0.6) is 0 Å². The summed E-state index contributed by atoms with van der Waals surface area (Å²) in [6, 6.07) is 3.90. The first kappa shape index (κ1) is 15.7. The molecule has 2 heterocycles. The molecule has 1 saturated carbocycles. The molecule has 0 aliphatic heterocycles. The van der Waals surface area contributed by atoms with Crippen LogP contribution in [-0.4, -0.2) is 20.9 Å². The van der Waals surface area contributed by atoms with Crippen LogP contribution in [0, 0.1) is 17.2 Å². The number of thiophene rings is 1. The fourth-order valence-electron chi connectivity index (χ4n) is 2.52. The van der Waals surface area contributed by atoms with Gasteiger partial charge in [0, 0.05) is 5.38 Å². The molecule has 2 aromatic heterocycles. The maximum Gasteiger partial charge on any atom is 0.252 e. The number of nitrogens with one attached hydrogen (secondary N) is 1. The van der Waals surface area contributed by atoms with E-state index in [0.29, 0.717) is 17.2 Å². The molecule has 1 fully saturated rings. The van der Waals surface area contributed by atoms with Crippen molar-refractivity contribution in [2.24, 2.45) is 5.92 Å². The third-order valence-corrected chi connectivity index (χ3v) is 4.72. The standard InChI is InChI=1S/C16H19N5OS/c1-11(2)7-13(18-15(22)12-3-6-23-9-12)14-8-21(20-19-14)16(10-17)4-5-16/h3,6,8-9,11,13H,4-5,7H2,1-2H3,(H,18,22). The van der Waals surface area contributed by atoms with Gasteiger partial charge in [-0.2, -0.15) is 16.6 Å². The highest BCUT2D eigenvalue weighted by Gasteiger charge is 2.46. The third kappa shape index (κ3) is 3.27. The molecule has 1 aliphatic rings. The predicted octanol–water partition coefficient (Wildman–Crippen LogP) is 2.87. The number of hydrogen-bond donors (Lipinski definition) is 1. The molecule has 1 unspecified atom stereocenters. The van der Waals surface area contributed by atoms with Gasteiger partial charge in [-0.05, 0) is 36.6 Å². The van der Waals surface area contributed by atoms with E-state index in [0.717, 1.165) is 19.3 Å². The van der Waals surface area contributed by atoms with Crippen LogP contribution >= 0.6 is 11.3 Å². The summed E-state index contributed by atoms with van der Waals surface area (Å²) in [4.78, 5) is 12.3. The van der Waals surface area contributed by atoms with Gasteiger partial charge < -0.3 is 5.32 Å². The van der Waals surface area contributed by atoms with Gasteiger partial charge in [0.25, 0.3) is 5.91 Å². The summed E-state index contributed by atoms with van der Waals surface area (Å²) in [6.07, 6.45) is 4.19. The Kier molecular flexibility index (Phi) is 4.18. The normalized spacial score (nSPS) is 16.8. The Morgan fingerprint density at radius 3 is 2.91 bits per heavy atom. The third-order valence-electron chi connectivity index (χ3n) is 4.03. The van der Waals surface area contributed by atoms with Crippen molar-refractivity contribution >= 4 is 17.2 Å². The zero-order chi connectivity index (χ0) is 16.4. The van der Waals surface area contributed by atoms with Gasteiger partial charge in [0.15, 0.2) is 5.54 Å². The number of nitrogens with zero attached hydrogens (tertiary/aromatic N) is 4. The number of carbonyl (C=O) groups excluding carboxylic acids is 1. The second-order valence-corrected chi connectivity index (χ2v) is 7.18. The van der Waals surface area contributed by atoms with E-state index >= 15 is 0 Å². The first-order valence-corrected chi connectivity index (χ1v) is 8.65. The second kappa shape index (κ2) is 6.13. The highest BCUT2D eigenvalue weighted by Crippen LogP contribution is 2.42. The van der Waals surface area contributed by atoms with Gasteiger partial charge in [-0.15, -0.1) is 5.10 Å². The molecule has 1 aliphatic carbocycles. The molecular formula is C16H19N5OS. The number of carbonyl (C=O) groups is 1. The smallest absolute Gasteiger partial charge is 0.252 e. The van der Waals surface area contributed by atoms with Gasteiger partial charge in [0.1, 0.15) is 5.69 Å². The van der Waals surface area contributed by atoms with Gasteiger partial charge in [0.05, 0.1) is 23.9 Å². The average molecular weight is 329 g/mol. The van der Waals surface area contributed by atoms with Gasteiger partial charge in [-0.1, -0.05) is 19.1 Å². The number of rotatable bonds is 6. The summed E-state index contributed by atoms with van der Waals surface area (Å²) in [5.41, 5.74) is 0.848. The van der Waals surface area contributed by atoms with Crippen molar-refractivity contribution in [3.8, 4) is 6.07 Å². The highest BCUT2D eigenvalue weighted by molar-refractivity contribution is 7.08. The molecule has 1 amide bonds. The lowest BCUT2D eigenvalue weighted by Gasteiger charge is -2.18. The van der Waals surface area contributed by atoms with Gasteiger partial charge in [0.2, 0.25) is 0 Å². The molecule has 120 valence electrons. The summed E-state index contributed by atoms with van der Waals surface area (Å²) in [6.45, 7) is 4.21. The minimum atomic E-state index is -0.523. The van der Waals surface area contributed by atoms with Crippen LogP contribution in [0.2, 0.25) is 0 Å². The minimum absolute atomic E-state index is 0.104. The quantitative estimate of drug-likeness (QED) is 0.883. The van der Waals surface area contributed by atoms with Crippen molar-refractivity contribution in [3.05, 3.63) is 34.3 Å². The minimum Gasteiger partial charge on any atom is -0.343 e. The Morgan fingerprint density at radius 1 is 1.57 bits per heavy atom. The van der Waals surface area contributed by atoms with E-state index in [1.54, 1.807) is 16.9 Å². The largest absolute Gasteiger partial charge is 0.343 e. The zero-order valence-electron chi connectivity index (χ0n) is 13.2. The van der Waals surface area contributed by atoms with E-state index in [1.165, 1.54) is 11.3 Å². The lowest BCUT2D eigenvalue weighted by atomic mass is 10.0. The van der Waals surface area contributed by atoms with E-state index in [1.807, 2.05) is 10.8 Å². The van der Waals surface area contributed by atoms with E-state index in [9.17, 15) is 10.1 Å². The summed E-state index contributed by atoms with van der Waals surface area (Å²) in [5.74, 6) is 0.298. The molecule has 1 N–H and O–H groups in total. The summed E-state index contributed by atoms with van der Waals surface area (Å²) in [5, 5.41) is 24.3.